The Balaban J connectivity index is 1.68. The molecule has 0 fully saturated rings. The van der Waals surface area contributed by atoms with Gasteiger partial charge in [-0.05, 0) is 36.2 Å². The number of nitrogens with one attached hydrogen (secondary N) is 1. The maximum atomic E-state index is 13.3. The van der Waals surface area contributed by atoms with Crippen molar-refractivity contribution in [1.29, 1.82) is 0 Å². The molecule has 6 nitrogen and oxygen atoms in total. The number of ether oxygens (including phenoxy) is 1. The van der Waals surface area contributed by atoms with Crippen LogP contribution in [0.4, 0.5) is 17.6 Å². The van der Waals surface area contributed by atoms with Crippen molar-refractivity contribution in [3.05, 3.63) is 64.4 Å². The first-order chi connectivity index (χ1) is 15.5. The monoisotopic (exact) mass is 490 g/mol. The highest BCUT2D eigenvalue weighted by Crippen LogP contribution is 2.29. The molecule has 2 aromatic rings. The molecule has 2 rings (SSSR count). The zero-order valence-electron chi connectivity index (χ0n) is 17.7. The SMILES string of the molecule is CN(Cc1ccc(C(F)(F)F)cc1)C(=O)CC(O)CCNC(=O)COc1ccc(Cl)c(F)c1. The van der Waals surface area contributed by atoms with Gasteiger partial charge in [-0.1, -0.05) is 23.7 Å². The third kappa shape index (κ3) is 8.89. The lowest BCUT2D eigenvalue weighted by molar-refractivity contribution is -0.137. The minimum Gasteiger partial charge on any atom is -0.484 e. The number of amides is 2. The van der Waals surface area contributed by atoms with Crippen LogP contribution in [0.15, 0.2) is 42.5 Å². The van der Waals surface area contributed by atoms with E-state index in [1.165, 1.54) is 36.2 Å². The fourth-order valence-corrected chi connectivity index (χ4v) is 2.88. The fraction of sp³-hybridized carbons (Fsp3) is 0.364. The van der Waals surface area contributed by atoms with Gasteiger partial charge in [-0.3, -0.25) is 9.59 Å². The maximum absolute atomic E-state index is 13.3. The van der Waals surface area contributed by atoms with Crippen molar-refractivity contribution in [3.63, 3.8) is 0 Å². The Kier molecular flexibility index (Phi) is 9.48. The second-order valence-corrected chi connectivity index (χ2v) is 7.71. The lowest BCUT2D eigenvalue weighted by Gasteiger charge is -2.20. The molecule has 0 bridgehead atoms. The number of hydrogen-bond donors (Lipinski definition) is 2. The van der Waals surface area contributed by atoms with Gasteiger partial charge in [0.05, 0.1) is 23.1 Å². The van der Waals surface area contributed by atoms with Crippen molar-refractivity contribution < 1.29 is 37.0 Å². The number of benzene rings is 2. The molecule has 0 aliphatic rings. The van der Waals surface area contributed by atoms with Crippen LogP contribution in [0.1, 0.15) is 24.0 Å². The zero-order valence-corrected chi connectivity index (χ0v) is 18.4. The van der Waals surface area contributed by atoms with Gasteiger partial charge in [-0.25, -0.2) is 4.39 Å². The smallest absolute Gasteiger partial charge is 0.416 e. The first kappa shape index (κ1) is 26.4. The van der Waals surface area contributed by atoms with Gasteiger partial charge in [0.2, 0.25) is 5.91 Å². The molecule has 1 unspecified atom stereocenters. The molecule has 1 atom stereocenters. The van der Waals surface area contributed by atoms with Gasteiger partial charge in [0.25, 0.3) is 5.91 Å². The molecule has 0 aliphatic carbocycles. The number of aliphatic hydroxyl groups excluding tert-OH is 1. The minimum absolute atomic E-state index is 0.0691. The summed E-state index contributed by atoms with van der Waals surface area (Å²) in [5, 5.41) is 12.5. The van der Waals surface area contributed by atoms with Crippen molar-refractivity contribution in [1.82, 2.24) is 10.2 Å². The molecule has 180 valence electrons. The van der Waals surface area contributed by atoms with E-state index < -0.39 is 35.5 Å². The predicted molar refractivity (Wildman–Crippen MR) is 113 cm³/mol. The highest BCUT2D eigenvalue weighted by molar-refractivity contribution is 6.30. The van der Waals surface area contributed by atoms with Crippen molar-refractivity contribution >= 4 is 23.4 Å². The van der Waals surface area contributed by atoms with E-state index in [0.29, 0.717) is 5.56 Å². The number of hydrogen-bond acceptors (Lipinski definition) is 4. The molecule has 0 heterocycles. The molecule has 0 saturated heterocycles. The molecule has 33 heavy (non-hydrogen) atoms. The normalized spacial score (nSPS) is 12.2. The molecular formula is C22H23ClF4N2O4. The van der Waals surface area contributed by atoms with E-state index in [4.69, 9.17) is 16.3 Å². The van der Waals surface area contributed by atoms with Gasteiger partial charge in [0, 0.05) is 26.2 Å². The standard InChI is InChI=1S/C22H23ClF4N2O4/c1-29(12-14-2-4-15(5-3-14)22(25,26)27)21(32)10-16(30)8-9-28-20(31)13-33-17-6-7-18(23)19(24)11-17/h2-7,11,16,30H,8-10,12-13H2,1H3,(H,28,31). The minimum atomic E-state index is -4.43. The van der Waals surface area contributed by atoms with E-state index in [0.717, 1.165) is 18.2 Å². The Labute approximate surface area is 193 Å². The number of alkyl halides is 3. The van der Waals surface area contributed by atoms with Crippen molar-refractivity contribution in [3.8, 4) is 5.75 Å². The van der Waals surface area contributed by atoms with Crippen LogP contribution >= 0.6 is 11.6 Å². The number of halogens is 5. The van der Waals surface area contributed by atoms with Crippen LogP contribution in [0.5, 0.6) is 5.75 Å². The average Bonchev–Trinajstić information content (AvgIpc) is 2.74. The van der Waals surface area contributed by atoms with Crippen molar-refractivity contribution in [2.24, 2.45) is 0 Å². The number of aliphatic hydroxyl groups is 1. The van der Waals surface area contributed by atoms with Crippen LogP contribution in [-0.2, 0) is 22.3 Å². The third-order valence-corrected chi connectivity index (χ3v) is 4.90. The van der Waals surface area contributed by atoms with E-state index in [2.05, 4.69) is 5.32 Å². The predicted octanol–water partition coefficient (Wildman–Crippen LogP) is 3.79. The van der Waals surface area contributed by atoms with Crippen LogP contribution in [-0.4, -0.2) is 48.1 Å². The van der Waals surface area contributed by atoms with Crippen LogP contribution in [0.25, 0.3) is 0 Å². The summed E-state index contributed by atoms with van der Waals surface area (Å²) in [6.07, 6.45) is -5.58. The van der Waals surface area contributed by atoms with Crippen LogP contribution in [0, 0.1) is 5.82 Å². The lowest BCUT2D eigenvalue weighted by Crippen LogP contribution is -2.33. The number of carbonyl (C=O) groups is 2. The highest BCUT2D eigenvalue weighted by Gasteiger charge is 2.30. The van der Waals surface area contributed by atoms with E-state index in [1.54, 1.807) is 0 Å². The van der Waals surface area contributed by atoms with Gasteiger partial charge in [0.1, 0.15) is 11.6 Å². The maximum Gasteiger partial charge on any atom is 0.416 e. The van der Waals surface area contributed by atoms with E-state index in [-0.39, 0.29) is 43.3 Å². The quantitative estimate of drug-likeness (QED) is 0.497. The Morgan fingerprint density at radius 1 is 1.18 bits per heavy atom. The number of rotatable bonds is 10. The van der Waals surface area contributed by atoms with Gasteiger partial charge in [-0.15, -0.1) is 0 Å². The Morgan fingerprint density at radius 3 is 2.45 bits per heavy atom. The molecule has 0 saturated carbocycles. The molecule has 0 aromatic heterocycles. The molecular weight excluding hydrogens is 468 g/mol. The summed E-state index contributed by atoms with van der Waals surface area (Å²) in [5.41, 5.74) is -0.260. The molecule has 2 N–H and O–H groups in total. The van der Waals surface area contributed by atoms with Crippen LogP contribution < -0.4 is 10.1 Å². The summed E-state index contributed by atoms with van der Waals surface area (Å²) in [7, 11) is 1.48. The Bertz CT molecular complexity index is 954. The summed E-state index contributed by atoms with van der Waals surface area (Å²) < 4.78 is 56.3. The number of carbonyl (C=O) groups excluding carboxylic acids is 2. The summed E-state index contributed by atoms with van der Waals surface area (Å²) in [6.45, 7) is -0.205. The Hall–Kier alpha value is -2.85. The van der Waals surface area contributed by atoms with Crippen LogP contribution in [0.3, 0.4) is 0 Å². The van der Waals surface area contributed by atoms with Crippen molar-refractivity contribution in [2.75, 3.05) is 20.2 Å². The first-order valence-corrected chi connectivity index (χ1v) is 10.3. The summed E-state index contributed by atoms with van der Waals surface area (Å²) >= 11 is 5.56. The molecule has 0 spiro atoms. The molecule has 11 heteroatoms. The summed E-state index contributed by atoms with van der Waals surface area (Å²) in [5.74, 6) is -1.44. The summed E-state index contributed by atoms with van der Waals surface area (Å²) in [4.78, 5) is 25.3. The van der Waals surface area contributed by atoms with Gasteiger partial charge in [-0.2, -0.15) is 13.2 Å². The Morgan fingerprint density at radius 2 is 1.85 bits per heavy atom. The van der Waals surface area contributed by atoms with Crippen molar-refractivity contribution in [2.45, 2.75) is 31.7 Å². The third-order valence-electron chi connectivity index (χ3n) is 4.60. The molecule has 0 aliphatic heterocycles. The second kappa shape index (κ2) is 11.9. The van der Waals surface area contributed by atoms with E-state index in [1.807, 2.05) is 0 Å². The molecule has 2 amide bonds. The first-order valence-electron chi connectivity index (χ1n) is 9.88. The van der Waals surface area contributed by atoms with Gasteiger partial charge in [0.15, 0.2) is 6.61 Å². The van der Waals surface area contributed by atoms with E-state index >= 15 is 0 Å². The van der Waals surface area contributed by atoms with E-state index in [9.17, 15) is 32.3 Å². The number of nitrogens with zero attached hydrogens (tertiary/aromatic N) is 1. The fourth-order valence-electron chi connectivity index (χ4n) is 2.77. The molecule has 2 aromatic carbocycles. The van der Waals surface area contributed by atoms with Crippen LogP contribution in [0.2, 0.25) is 5.02 Å². The topological polar surface area (TPSA) is 78.9 Å². The summed E-state index contributed by atoms with van der Waals surface area (Å²) in [6, 6.07) is 8.22. The largest absolute Gasteiger partial charge is 0.484 e. The second-order valence-electron chi connectivity index (χ2n) is 7.31. The average molecular weight is 491 g/mol. The zero-order chi connectivity index (χ0) is 24.6. The molecule has 0 radical (unpaired) electrons. The highest BCUT2D eigenvalue weighted by atomic mass is 35.5. The van der Waals surface area contributed by atoms with Gasteiger partial charge < -0.3 is 20.1 Å². The lowest BCUT2D eigenvalue weighted by atomic mass is 10.1. The van der Waals surface area contributed by atoms with Gasteiger partial charge >= 0.3 is 6.18 Å².